The number of benzene rings is 1. The van der Waals surface area contributed by atoms with Crippen LogP contribution in [0.15, 0.2) is 30.9 Å². The van der Waals surface area contributed by atoms with E-state index < -0.39 is 12.0 Å². The standard InChI is InChI=1S/C12H13ClN4O2/c1-2-9(12(18)19)16-10-5-3-4-8(13)11(10)17-7-14-6-15-17/h3-7,9,16H,2H2,1H3,(H,18,19). The Balaban J connectivity index is 2.41. The van der Waals surface area contributed by atoms with Crippen LogP contribution in [0.1, 0.15) is 13.3 Å². The fraction of sp³-hybridized carbons (Fsp3) is 0.250. The predicted molar refractivity (Wildman–Crippen MR) is 71.7 cm³/mol. The van der Waals surface area contributed by atoms with Crippen LogP contribution in [-0.2, 0) is 4.79 Å². The molecule has 1 unspecified atom stereocenters. The second kappa shape index (κ2) is 5.71. The van der Waals surface area contributed by atoms with Crippen molar-refractivity contribution in [3.05, 3.63) is 35.9 Å². The molecule has 0 amide bonds. The number of carboxylic acids is 1. The number of nitrogens with one attached hydrogen (secondary N) is 1. The van der Waals surface area contributed by atoms with E-state index in [2.05, 4.69) is 15.4 Å². The summed E-state index contributed by atoms with van der Waals surface area (Å²) in [7, 11) is 0. The van der Waals surface area contributed by atoms with Crippen molar-refractivity contribution in [1.29, 1.82) is 0 Å². The Morgan fingerprint density at radius 2 is 2.37 bits per heavy atom. The maximum atomic E-state index is 11.1. The van der Waals surface area contributed by atoms with Gasteiger partial charge in [-0.2, -0.15) is 5.10 Å². The van der Waals surface area contributed by atoms with Crippen molar-refractivity contribution in [2.75, 3.05) is 5.32 Å². The second-order valence-corrected chi connectivity index (χ2v) is 4.33. The lowest BCUT2D eigenvalue weighted by Gasteiger charge is -2.17. The van der Waals surface area contributed by atoms with Gasteiger partial charge in [-0.05, 0) is 18.6 Å². The zero-order valence-corrected chi connectivity index (χ0v) is 11.0. The molecule has 100 valence electrons. The number of aromatic nitrogens is 3. The lowest BCUT2D eigenvalue weighted by Crippen LogP contribution is -2.28. The van der Waals surface area contributed by atoms with Crippen LogP contribution in [0.4, 0.5) is 5.69 Å². The van der Waals surface area contributed by atoms with Gasteiger partial charge >= 0.3 is 5.97 Å². The molecule has 0 saturated heterocycles. The van der Waals surface area contributed by atoms with Gasteiger partial charge in [0.1, 0.15) is 24.4 Å². The molecule has 1 aromatic heterocycles. The molecule has 0 saturated carbocycles. The van der Waals surface area contributed by atoms with E-state index in [0.29, 0.717) is 22.8 Å². The molecule has 1 heterocycles. The van der Waals surface area contributed by atoms with E-state index in [9.17, 15) is 4.79 Å². The summed E-state index contributed by atoms with van der Waals surface area (Å²) in [4.78, 5) is 15.0. The first-order valence-corrected chi connectivity index (χ1v) is 6.14. The zero-order chi connectivity index (χ0) is 13.8. The average molecular weight is 281 g/mol. The molecule has 7 heteroatoms. The van der Waals surface area contributed by atoms with Crippen molar-refractivity contribution in [3.8, 4) is 5.69 Å². The van der Waals surface area contributed by atoms with Crippen molar-refractivity contribution in [1.82, 2.24) is 14.8 Å². The molecule has 1 atom stereocenters. The quantitative estimate of drug-likeness (QED) is 0.877. The number of aliphatic carboxylic acids is 1. The van der Waals surface area contributed by atoms with Gasteiger partial charge in [0, 0.05) is 0 Å². The van der Waals surface area contributed by atoms with Gasteiger partial charge in [0.15, 0.2) is 0 Å². The smallest absolute Gasteiger partial charge is 0.326 e. The van der Waals surface area contributed by atoms with Crippen molar-refractivity contribution in [2.45, 2.75) is 19.4 Å². The Kier molecular flexibility index (Phi) is 4.01. The van der Waals surface area contributed by atoms with E-state index in [-0.39, 0.29) is 0 Å². The van der Waals surface area contributed by atoms with E-state index in [1.807, 2.05) is 0 Å². The van der Waals surface area contributed by atoms with Crippen molar-refractivity contribution in [2.24, 2.45) is 0 Å². The van der Waals surface area contributed by atoms with Gasteiger partial charge in [-0.1, -0.05) is 24.6 Å². The molecule has 19 heavy (non-hydrogen) atoms. The van der Waals surface area contributed by atoms with Gasteiger partial charge in [-0.3, -0.25) is 0 Å². The minimum atomic E-state index is -0.910. The summed E-state index contributed by atoms with van der Waals surface area (Å²) in [6.45, 7) is 1.80. The van der Waals surface area contributed by atoms with Crippen LogP contribution < -0.4 is 5.32 Å². The highest BCUT2D eigenvalue weighted by Crippen LogP contribution is 2.28. The third-order valence-electron chi connectivity index (χ3n) is 2.67. The summed E-state index contributed by atoms with van der Waals surface area (Å²) in [5.41, 5.74) is 1.19. The first-order chi connectivity index (χ1) is 9.13. The molecule has 2 N–H and O–H groups in total. The molecule has 1 aromatic carbocycles. The molecule has 2 aromatic rings. The highest BCUT2D eigenvalue weighted by Gasteiger charge is 2.18. The molecule has 0 aliphatic carbocycles. The number of para-hydroxylation sites is 1. The number of hydrogen-bond acceptors (Lipinski definition) is 4. The van der Waals surface area contributed by atoms with Crippen LogP contribution in [0.5, 0.6) is 0 Å². The molecule has 2 rings (SSSR count). The number of carbonyl (C=O) groups is 1. The molecule has 0 aliphatic heterocycles. The Bertz CT molecular complexity index is 571. The van der Waals surface area contributed by atoms with Gasteiger partial charge in [-0.25, -0.2) is 14.5 Å². The molecular formula is C12H13ClN4O2. The number of nitrogens with zero attached hydrogens (tertiary/aromatic N) is 3. The first kappa shape index (κ1) is 13.4. The Morgan fingerprint density at radius 3 is 2.95 bits per heavy atom. The van der Waals surface area contributed by atoms with E-state index >= 15 is 0 Å². The van der Waals surface area contributed by atoms with Crippen molar-refractivity contribution < 1.29 is 9.90 Å². The highest BCUT2D eigenvalue weighted by molar-refractivity contribution is 6.33. The minimum absolute atomic E-state index is 0.457. The SMILES string of the molecule is CCC(Nc1cccc(Cl)c1-n1cncn1)C(=O)O. The van der Waals surface area contributed by atoms with E-state index in [1.54, 1.807) is 25.1 Å². The number of hydrogen-bond donors (Lipinski definition) is 2. The van der Waals surface area contributed by atoms with Gasteiger partial charge < -0.3 is 10.4 Å². The third-order valence-corrected chi connectivity index (χ3v) is 2.98. The highest BCUT2D eigenvalue weighted by atomic mass is 35.5. The van der Waals surface area contributed by atoms with Crippen molar-refractivity contribution >= 4 is 23.3 Å². The van der Waals surface area contributed by atoms with Gasteiger partial charge in [0.05, 0.1) is 10.7 Å². The molecule has 0 spiro atoms. The summed E-state index contributed by atoms with van der Waals surface area (Å²) in [6, 6.07) is 4.54. The van der Waals surface area contributed by atoms with Crippen LogP contribution in [-0.4, -0.2) is 31.9 Å². The fourth-order valence-corrected chi connectivity index (χ4v) is 1.98. The van der Waals surface area contributed by atoms with Crippen LogP contribution in [0, 0.1) is 0 Å². The van der Waals surface area contributed by atoms with E-state index in [0.717, 1.165) is 0 Å². The Labute approximate surface area is 115 Å². The van der Waals surface area contributed by atoms with Crippen LogP contribution in [0.3, 0.4) is 0 Å². The summed E-state index contributed by atoms with van der Waals surface area (Å²) >= 11 is 6.15. The largest absolute Gasteiger partial charge is 0.480 e. The lowest BCUT2D eigenvalue weighted by molar-refractivity contribution is -0.137. The molecule has 0 radical (unpaired) electrons. The zero-order valence-electron chi connectivity index (χ0n) is 10.2. The van der Waals surface area contributed by atoms with Crippen LogP contribution in [0.2, 0.25) is 5.02 Å². The molecular weight excluding hydrogens is 268 g/mol. The lowest BCUT2D eigenvalue weighted by atomic mass is 10.2. The topological polar surface area (TPSA) is 80.0 Å². The molecule has 0 bridgehead atoms. The third kappa shape index (κ3) is 2.85. The normalized spacial score (nSPS) is 12.1. The van der Waals surface area contributed by atoms with Gasteiger partial charge in [0.2, 0.25) is 0 Å². The Hall–Kier alpha value is -2.08. The number of anilines is 1. The Morgan fingerprint density at radius 1 is 1.58 bits per heavy atom. The molecule has 0 fully saturated rings. The van der Waals surface area contributed by atoms with Crippen molar-refractivity contribution in [3.63, 3.8) is 0 Å². The predicted octanol–water partition coefficient (Wildman–Crippen LogP) is 2.20. The summed E-state index contributed by atoms with van der Waals surface area (Å²) in [6.07, 6.45) is 3.36. The van der Waals surface area contributed by atoms with E-state index in [4.69, 9.17) is 16.7 Å². The van der Waals surface area contributed by atoms with E-state index in [1.165, 1.54) is 17.3 Å². The summed E-state index contributed by atoms with van der Waals surface area (Å²) in [5.74, 6) is -0.910. The van der Waals surface area contributed by atoms with Gasteiger partial charge in [0.25, 0.3) is 0 Å². The summed E-state index contributed by atoms with van der Waals surface area (Å²) in [5, 5.41) is 16.5. The minimum Gasteiger partial charge on any atom is -0.480 e. The maximum absolute atomic E-state index is 11.1. The van der Waals surface area contributed by atoms with Crippen LogP contribution in [0.25, 0.3) is 5.69 Å². The summed E-state index contributed by atoms with van der Waals surface area (Å²) < 4.78 is 1.50. The maximum Gasteiger partial charge on any atom is 0.326 e. The first-order valence-electron chi connectivity index (χ1n) is 5.76. The average Bonchev–Trinajstić information content (AvgIpc) is 2.89. The van der Waals surface area contributed by atoms with Crippen LogP contribution >= 0.6 is 11.6 Å². The van der Waals surface area contributed by atoms with Gasteiger partial charge in [-0.15, -0.1) is 0 Å². The molecule has 6 nitrogen and oxygen atoms in total. The second-order valence-electron chi connectivity index (χ2n) is 3.92. The number of halogens is 1. The number of carboxylic acid groups (broad SMARTS) is 1. The monoisotopic (exact) mass is 280 g/mol. The molecule has 0 aliphatic rings. The fourth-order valence-electron chi connectivity index (χ4n) is 1.71. The number of rotatable bonds is 5.